The van der Waals surface area contributed by atoms with Crippen molar-refractivity contribution in [1.82, 2.24) is 0 Å². The maximum Gasteiger partial charge on any atom is 0.122 e. The molecule has 0 spiro atoms. The first-order valence-corrected chi connectivity index (χ1v) is 8.70. The molecule has 0 unspecified atom stereocenters. The zero-order chi connectivity index (χ0) is 15.3. The maximum atomic E-state index is 5.93. The van der Waals surface area contributed by atoms with Crippen LogP contribution in [0.3, 0.4) is 0 Å². The number of aryl methyl sites for hydroxylation is 1. The van der Waals surface area contributed by atoms with Crippen molar-refractivity contribution in [2.45, 2.75) is 71.6 Å². The van der Waals surface area contributed by atoms with Crippen LogP contribution in [0.5, 0.6) is 5.75 Å². The molecule has 0 aromatic heterocycles. The van der Waals surface area contributed by atoms with Crippen molar-refractivity contribution in [2.75, 3.05) is 13.2 Å². The topological polar surface area (TPSA) is 35.2 Å². The van der Waals surface area contributed by atoms with E-state index in [1.165, 1.54) is 56.1 Å². The molecule has 0 aliphatic carbocycles. The third-order valence-electron chi connectivity index (χ3n) is 3.89. The lowest BCUT2D eigenvalue weighted by Crippen LogP contribution is -2.06. The van der Waals surface area contributed by atoms with Crippen LogP contribution in [0.2, 0.25) is 0 Å². The molecule has 0 heterocycles. The molecule has 0 aliphatic rings. The second kappa shape index (κ2) is 11.6. The number of hydrogen-bond donors (Lipinski definition) is 1. The third kappa shape index (κ3) is 8.11. The average Bonchev–Trinajstić information content (AvgIpc) is 2.48. The van der Waals surface area contributed by atoms with Gasteiger partial charge in [0, 0.05) is 0 Å². The van der Waals surface area contributed by atoms with E-state index < -0.39 is 0 Å². The van der Waals surface area contributed by atoms with Crippen LogP contribution in [-0.2, 0) is 6.42 Å². The van der Waals surface area contributed by atoms with Crippen LogP contribution < -0.4 is 10.5 Å². The summed E-state index contributed by atoms with van der Waals surface area (Å²) < 4.78 is 5.93. The van der Waals surface area contributed by atoms with E-state index in [9.17, 15) is 0 Å². The van der Waals surface area contributed by atoms with Gasteiger partial charge >= 0.3 is 0 Å². The minimum absolute atomic E-state index is 0.678. The molecule has 2 nitrogen and oxygen atoms in total. The van der Waals surface area contributed by atoms with Gasteiger partial charge in [0.2, 0.25) is 0 Å². The number of unbranched alkanes of at least 4 members (excludes halogenated alkanes) is 7. The van der Waals surface area contributed by atoms with Crippen molar-refractivity contribution in [3.63, 3.8) is 0 Å². The van der Waals surface area contributed by atoms with Gasteiger partial charge in [0.05, 0.1) is 6.61 Å². The van der Waals surface area contributed by atoms with E-state index in [2.05, 4.69) is 32.0 Å². The molecule has 0 fully saturated rings. The fourth-order valence-corrected chi connectivity index (χ4v) is 2.62. The van der Waals surface area contributed by atoms with E-state index >= 15 is 0 Å². The molecule has 0 saturated carbocycles. The van der Waals surface area contributed by atoms with Gasteiger partial charge in [-0.3, -0.25) is 0 Å². The van der Waals surface area contributed by atoms with Gasteiger partial charge in [-0.2, -0.15) is 0 Å². The lowest BCUT2D eigenvalue weighted by molar-refractivity contribution is 0.301. The summed E-state index contributed by atoms with van der Waals surface area (Å²) in [4.78, 5) is 0. The van der Waals surface area contributed by atoms with E-state index in [4.69, 9.17) is 10.5 Å². The maximum absolute atomic E-state index is 5.93. The molecule has 120 valence electrons. The standard InChI is InChI=1S/C19H33NO/c1-3-4-5-6-7-8-9-10-15-21-19-12-11-17(2)16-18(19)13-14-20/h11-12,16H,3-10,13-15,20H2,1-2H3. The van der Waals surface area contributed by atoms with Crippen molar-refractivity contribution in [2.24, 2.45) is 5.73 Å². The van der Waals surface area contributed by atoms with Gasteiger partial charge in [0.1, 0.15) is 5.75 Å². The van der Waals surface area contributed by atoms with Crippen LogP contribution in [-0.4, -0.2) is 13.2 Å². The van der Waals surface area contributed by atoms with Crippen LogP contribution in [0, 0.1) is 6.92 Å². The van der Waals surface area contributed by atoms with Crippen molar-refractivity contribution in [3.05, 3.63) is 29.3 Å². The molecule has 1 aromatic carbocycles. The van der Waals surface area contributed by atoms with Gasteiger partial charge in [-0.25, -0.2) is 0 Å². The highest BCUT2D eigenvalue weighted by Crippen LogP contribution is 2.21. The van der Waals surface area contributed by atoms with E-state index in [-0.39, 0.29) is 0 Å². The van der Waals surface area contributed by atoms with Crippen LogP contribution in [0.1, 0.15) is 69.4 Å². The van der Waals surface area contributed by atoms with Crippen LogP contribution in [0.25, 0.3) is 0 Å². The fraction of sp³-hybridized carbons (Fsp3) is 0.684. The molecule has 0 amide bonds. The summed E-state index contributed by atoms with van der Waals surface area (Å²) in [5, 5.41) is 0. The normalized spacial score (nSPS) is 10.8. The summed E-state index contributed by atoms with van der Waals surface area (Å²) in [6.07, 6.45) is 11.6. The highest BCUT2D eigenvalue weighted by Gasteiger charge is 2.03. The van der Waals surface area contributed by atoms with E-state index in [1.54, 1.807) is 0 Å². The van der Waals surface area contributed by atoms with Gasteiger partial charge in [0.25, 0.3) is 0 Å². The third-order valence-corrected chi connectivity index (χ3v) is 3.89. The molecule has 1 aromatic rings. The SMILES string of the molecule is CCCCCCCCCCOc1ccc(C)cc1CCN. The Bertz CT molecular complexity index is 376. The van der Waals surface area contributed by atoms with Gasteiger partial charge in [-0.05, 0) is 37.9 Å². The van der Waals surface area contributed by atoms with Crippen LogP contribution in [0.15, 0.2) is 18.2 Å². The van der Waals surface area contributed by atoms with Gasteiger partial charge in [-0.15, -0.1) is 0 Å². The Morgan fingerprint density at radius 3 is 2.29 bits per heavy atom. The lowest BCUT2D eigenvalue weighted by Gasteiger charge is -2.12. The first-order valence-electron chi connectivity index (χ1n) is 8.70. The Morgan fingerprint density at radius 2 is 1.62 bits per heavy atom. The fourth-order valence-electron chi connectivity index (χ4n) is 2.62. The molecule has 2 heteroatoms. The van der Waals surface area contributed by atoms with Gasteiger partial charge in [0.15, 0.2) is 0 Å². The summed E-state index contributed by atoms with van der Waals surface area (Å²) >= 11 is 0. The number of benzene rings is 1. The second-order valence-electron chi connectivity index (χ2n) is 5.97. The van der Waals surface area contributed by atoms with E-state index in [0.29, 0.717) is 6.54 Å². The molecule has 0 saturated heterocycles. The zero-order valence-electron chi connectivity index (χ0n) is 14.0. The summed E-state index contributed by atoms with van der Waals surface area (Å²) in [5.41, 5.74) is 8.19. The van der Waals surface area contributed by atoms with Crippen molar-refractivity contribution < 1.29 is 4.74 Å². The van der Waals surface area contributed by atoms with Crippen molar-refractivity contribution in [3.8, 4) is 5.75 Å². The van der Waals surface area contributed by atoms with Gasteiger partial charge < -0.3 is 10.5 Å². The highest BCUT2D eigenvalue weighted by atomic mass is 16.5. The minimum Gasteiger partial charge on any atom is -0.493 e. The van der Waals surface area contributed by atoms with Crippen LogP contribution in [0.4, 0.5) is 0 Å². The number of rotatable bonds is 12. The first-order chi connectivity index (χ1) is 10.3. The Morgan fingerprint density at radius 1 is 0.952 bits per heavy atom. The van der Waals surface area contributed by atoms with Gasteiger partial charge in [-0.1, -0.05) is 69.6 Å². The summed E-state index contributed by atoms with van der Waals surface area (Å²) in [7, 11) is 0. The Kier molecular flexibility index (Phi) is 9.98. The lowest BCUT2D eigenvalue weighted by atomic mass is 10.1. The minimum atomic E-state index is 0.678. The van der Waals surface area contributed by atoms with E-state index in [1.807, 2.05) is 0 Å². The summed E-state index contributed by atoms with van der Waals surface area (Å²) in [6, 6.07) is 6.39. The molecular weight excluding hydrogens is 258 g/mol. The predicted molar refractivity (Wildman–Crippen MR) is 92.0 cm³/mol. The van der Waals surface area contributed by atoms with Crippen molar-refractivity contribution >= 4 is 0 Å². The number of nitrogens with two attached hydrogens (primary N) is 1. The zero-order valence-corrected chi connectivity index (χ0v) is 14.0. The van der Waals surface area contributed by atoms with Crippen molar-refractivity contribution in [1.29, 1.82) is 0 Å². The molecule has 0 atom stereocenters. The Labute approximate surface area is 131 Å². The predicted octanol–water partition coefficient (Wildman–Crippen LogP) is 5.02. The monoisotopic (exact) mass is 291 g/mol. The molecule has 21 heavy (non-hydrogen) atoms. The first kappa shape index (κ1) is 18.0. The van der Waals surface area contributed by atoms with E-state index in [0.717, 1.165) is 25.2 Å². The molecule has 0 aliphatic heterocycles. The summed E-state index contributed by atoms with van der Waals surface area (Å²) in [6.45, 7) is 5.89. The number of hydrogen-bond acceptors (Lipinski definition) is 2. The summed E-state index contributed by atoms with van der Waals surface area (Å²) in [5.74, 6) is 1.02. The second-order valence-corrected chi connectivity index (χ2v) is 5.97. The largest absolute Gasteiger partial charge is 0.493 e. The average molecular weight is 291 g/mol. The Hall–Kier alpha value is -1.02. The molecule has 1 rings (SSSR count). The van der Waals surface area contributed by atoms with Crippen LogP contribution >= 0.6 is 0 Å². The Balaban J connectivity index is 2.15. The molecule has 0 radical (unpaired) electrons. The quantitative estimate of drug-likeness (QED) is 0.549. The molecule has 0 bridgehead atoms. The number of ether oxygens (including phenoxy) is 1. The smallest absolute Gasteiger partial charge is 0.122 e. The molecule has 2 N–H and O–H groups in total. The highest BCUT2D eigenvalue weighted by molar-refractivity contribution is 5.37. The molecular formula is C19H33NO.